The molecule has 0 saturated carbocycles. The first kappa shape index (κ1) is 13.0. The molecule has 18 heavy (non-hydrogen) atoms. The van der Waals surface area contributed by atoms with Crippen LogP contribution in [0.2, 0.25) is 0 Å². The van der Waals surface area contributed by atoms with Crippen LogP contribution in [0.25, 0.3) is 0 Å². The summed E-state index contributed by atoms with van der Waals surface area (Å²) in [5.74, 6) is -0.0390. The van der Waals surface area contributed by atoms with E-state index in [1.54, 1.807) is 12.4 Å². The molecule has 0 amide bonds. The molecule has 0 spiro atoms. The molecule has 2 rings (SSSR count). The van der Waals surface area contributed by atoms with Crippen LogP contribution in [0, 0.1) is 6.92 Å². The zero-order valence-corrected chi connectivity index (χ0v) is 11.9. The Labute approximate surface area is 115 Å². The van der Waals surface area contributed by atoms with Crippen LogP contribution >= 0.6 is 15.9 Å². The Bertz CT molecular complexity index is 566. The zero-order valence-electron chi connectivity index (χ0n) is 10.4. The molecule has 3 heteroatoms. The van der Waals surface area contributed by atoms with E-state index in [0.717, 1.165) is 21.2 Å². The zero-order chi connectivity index (χ0) is 13.1. The Hall–Kier alpha value is -1.48. The molecule has 0 aliphatic heterocycles. The summed E-state index contributed by atoms with van der Waals surface area (Å²) in [6, 6.07) is 9.59. The molecule has 2 aromatic rings. The molecule has 0 radical (unpaired) electrons. The number of nitrogens with zero attached hydrogens (tertiary/aromatic N) is 1. The molecule has 1 atom stereocenters. The smallest absolute Gasteiger partial charge is 0.171 e. The van der Waals surface area contributed by atoms with Crippen LogP contribution in [0.4, 0.5) is 0 Å². The number of rotatable bonds is 3. The van der Waals surface area contributed by atoms with Gasteiger partial charge in [-0.05, 0) is 36.8 Å². The highest BCUT2D eigenvalue weighted by atomic mass is 79.9. The Balaban J connectivity index is 2.34. The average Bonchev–Trinajstić information content (AvgIpc) is 2.41. The van der Waals surface area contributed by atoms with Gasteiger partial charge < -0.3 is 0 Å². The highest BCUT2D eigenvalue weighted by molar-refractivity contribution is 9.10. The molecule has 1 aromatic heterocycles. The minimum atomic E-state index is -0.161. The van der Waals surface area contributed by atoms with E-state index in [-0.39, 0.29) is 11.7 Å². The van der Waals surface area contributed by atoms with Crippen molar-refractivity contribution in [3.63, 3.8) is 0 Å². The van der Waals surface area contributed by atoms with Crippen LogP contribution in [-0.4, -0.2) is 10.8 Å². The molecule has 0 N–H and O–H groups in total. The van der Waals surface area contributed by atoms with Crippen LogP contribution in [0.1, 0.15) is 34.3 Å². The summed E-state index contributed by atoms with van der Waals surface area (Å²) in [7, 11) is 0. The number of hydrogen-bond donors (Lipinski definition) is 0. The summed E-state index contributed by atoms with van der Waals surface area (Å²) in [5.41, 5.74) is 2.81. The number of aryl methyl sites for hydroxylation is 1. The predicted octanol–water partition coefficient (Wildman–Crippen LogP) is 4.14. The third kappa shape index (κ3) is 2.67. The molecule has 0 bridgehead atoms. The summed E-state index contributed by atoms with van der Waals surface area (Å²) in [4.78, 5) is 16.4. The fourth-order valence-corrected chi connectivity index (χ4v) is 2.31. The van der Waals surface area contributed by atoms with E-state index < -0.39 is 0 Å². The van der Waals surface area contributed by atoms with Gasteiger partial charge in [-0.3, -0.25) is 9.78 Å². The quantitative estimate of drug-likeness (QED) is 0.798. The van der Waals surface area contributed by atoms with E-state index >= 15 is 0 Å². The number of aromatic nitrogens is 1. The topological polar surface area (TPSA) is 30.0 Å². The van der Waals surface area contributed by atoms with Crippen molar-refractivity contribution < 1.29 is 4.79 Å². The van der Waals surface area contributed by atoms with Crippen molar-refractivity contribution in [1.82, 2.24) is 4.98 Å². The van der Waals surface area contributed by atoms with Crippen molar-refractivity contribution in [3.05, 3.63) is 63.9 Å². The van der Waals surface area contributed by atoms with Gasteiger partial charge in [0.15, 0.2) is 5.78 Å². The fraction of sp³-hybridized carbons (Fsp3) is 0.200. The van der Waals surface area contributed by atoms with Crippen molar-refractivity contribution in [1.29, 1.82) is 0 Å². The van der Waals surface area contributed by atoms with E-state index in [1.165, 1.54) is 0 Å². The van der Waals surface area contributed by atoms with Crippen molar-refractivity contribution in [2.75, 3.05) is 0 Å². The molecule has 0 aliphatic rings. The number of carbonyl (C=O) groups is 1. The monoisotopic (exact) mass is 303 g/mol. The van der Waals surface area contributed by atoms with Crippen LogP contribution in [0.3, 0.4) is 0 Å². The van der Waals surface area contributed by atoms with Crippen molar-refractivity contribution in [2.45, 2.75) is 19.8 Å². The van der Waals surface area contributed by atoms with Crippen molar-refractivity contribution in [2.24, 2.45) is 0 Å². The maximum atomic E-state index is 12.5. The first-order valence-electron chi connectivity index (χ1n) is 5.80. The number of hydrogen-bond acceptors (Lipinski definition) is 2. The second kappa shape index (κ2) is 5.44. The molecule has 1 heterocycles. The van der Waals surface area contributed by atoms with Crippen LogP contribution < -0.4 is 0 Å². The fourth-order valence-electron chi connectivity index (χ4n) is 1.86. The Kier molecular flexibility index (Phi) is 3.92. The van der Waals surface area contributed by atoms with Crippen LogP contribution in [0.5, 0.6) is 0 Å². The Morgan fingerprint density at radius 2 is 1.89 bits per heavy atom. The van der Waals surface area contributed by atoms with E-state index in [1.807, 2.05) is 44.2 Å². The maximum Gasteiger partial charge on any atom is 0.171 e. The van der Waals surface area contributed by atoms with Gasteiger partial charge in [-0.15, -0.1) is 0 Å². The largest absolute Gasteiger partial charge is 0.293 e. The van der Waals surface area contributed by atoms with Gasteiger partial charge in [-0.2, -0.15) is 0 Å². The normalized spacial score (nSPS) is 12.2. The van der Waals surface area contributed by atoms with E-state index in [9.17, 15) is 4.79 Å². The van der Waals surface area contributed by atoms with Gasteiger partial charge in [-0.25, -0.2) is 0 Å². The van der Waals surface area contributed by atoms with Crippen LogP contribution in [0.15, 0.2) is 47.2 Å². The predicted molar refractivity (Wildman–Crippen MR) is 75.9 cm³/mol. The Morgan fingerprint density at radius 3 is 2.56 bits per heavy atom. The maximum absolute atomic E-state index is 12.5. The molecule has 1 unspecified atom stereocenters. The van der Waals surface area contributed by atoms with Gasteiger partial charge in [-0.1, -0.05) is 34.5 Å². The molecular weight excluding hydrogens is 290 g/mol. The molecule has 0 aliphatic carbocycles. The summed E-state index contributed by atoms with van der Waals surface area (Å²) in [5, 5.41) is 0. The first-order chi connectivity index (χ1) is 8.59. The standard InChI is InChI=1S/C15H14BrNO/c1-10-3-4-14(16)13(9-10)15(18)11(2)12-5-7-17-8-6-12/h3-9,11H,1-2H3. The van der Waals surface area contributed by atoms with Gasteiger partial charge >= 0.3 is 0 Å². The average molecular weight is 304 g/mol. The minimum absolute atomic E-state index is 0.122. The molecule has 0 saturated heterocycles. The van der Waals surface area contributed by atoms with Gasteiger partial charge in [0, 0.05) is 28.3 Å². The minimum Gasteiger partial charge on any atom is -0.293 e. The lowest BCUT2D eigenvalue weighted by Crippen LogP contribution is -2.10. The Morgan fingerprint density at radius 1 is 1.22 bits per heavy atom. The molecule has 92 valence electrons. The summed E-state index contributed by atoms with van der Waals surface area (Å²) >= 11 is 3.44. The summed E-state index contributed by atoms with van der Waals surface area (Å²) in [6.07, 6.45) is 3.43. The van der Waals surface area contributed by atoms with E-state index in [0.29, 0.717) is 0 Å². The lowest BCUT2D eigenvalue weighted by Gasteiger charge is -2.12. The first-order valence-corrected chi connectivity index (χ1v) is 6.59. The summed E-state index contributed by atoms with van der Waals surface area (Å²) < 4.78 is 0.846. The second-order valence-electron chi connectivity index (χ2n) is 4.35. The lowest BCUT2D eigenvalue weighted by atomic mass is 9.92. The second-order valence-corrected chi connectivity index (χ2v) is 5.20. The highest BCUT2D eigenvalue weighted by Crippen LogP contribution is 2.25. The number of benzene rings is 1. The van der Waals surface area contributed by atoms with Crippen LogP contribution in [-0.2, 0) is 0 Å². The summed E-state index contributed by atoms with van der Waals surface area (Å²) in [6.45, 7) is 3.91. The number of Topliss-reactive ketones (excluding diaryl/α,β-unsaturated/α-hetero) is 1. The van der Waals surface area contributed by atoms with Gasteiger partial charge in [0.1, 0.15) is 0 Å². The number of carbonyl (C=O) groups excluding carboxylic acids is 1. The number of ketones is 1. The van der Waals surface area contributed by atoms with Crippen molar-refractivity contribution >= 4 is 21.7 Å². The molecule has 2 nitrogen and oxygen atoms in total. The highest BCUT2D eigenvalue weighted by Gasteiger charge is 2.19. The van der Waals surface area contributed by atoms with E-state index in [2.05, 4.69) is 20.9 Å². The third-order valence-corrected chi connectivity index (χ3v) is 3.68. The SMILES string of the molecule is Cc1ccc(Br)c(C(=O)C(C)c2ccncc2)c1. The number of pyridine rings is 1. The molecule has 1 aromatic carbocycles. The lowest BCUT2D eigenvalue weighted by molar-refractivity contribution is 0.0965. The van der Waals surface area contributed by atoms with Gasteiger partial charge in [0.25, 0.3) is 0 Å². The van der Waals surface area contributed by atoms with Gasteiger partial charge in [0.2, 0.25) is 0 Å². The number of halogens is 1. The molecule has 0 fully saturated rings. The third-order valence-electron chi connectivity index (χ3n) is 2.99. The van der Waals surface area contributed by atoms with E-state index in [4.69, 9.17) is 0 Å². The van der Waals surface area contributed by atoms with Crippen molar-refractivity contribution in [3.8, 4) is 0 Å². The van der Waals surface area contributed by atoms with Gasteiger partial charge in [0.05, 0.1) is 0 Å². The molecular formula is C15H14BrNO.